The molecule has 1 N–H and O–H groups in total. The first-order chi connectivity index (χ1) is 14.9. The lowest BCUT2D eigenvalue weighted by Gasteiger charge is -2.34. The molecule has 1 saturated heterocycles. The predicted molar refractivity (Wildman–Crippen MR) is 110 cm³/mol. The zero-order chi connectivity index (χ0) is 21.6. The molecule has 1 aromatic heterocycles. The van der Waals surface area contributed by atoms with E-state index in [0.717, 1.165) is 0 Å². The second-order valence-corrected chi connectivity index (χ2v) is 8.87. The number of aromatic nitrogens is 1. The Morgan fingerprint density at radius 2 is 2.00 bits per heavy atom. The van der Waals surface area contributed by atoms with Gasteiger partial charge < -0.3 is 10.1 Å². The Morgan fingerprint density at radius 3 is 2.71 bits per heavy atom. The molecule has 2 saturated carbocycles. The summed E-state index contributed by atoms with van der Waals surface area (Å²) in [6.45, 7) is 0.332. The molecule has 1 aromatic carbocycles. The van der Waals surface area contributed by atoms with Gasteiger partial charge in [-0.15, -0.1) is 0 Å². The number of fused-ring (bicyclic) bond motifs is 1. The van der Waals surface area contributed by atoms with E-state index in [1.807, 2.05) is 12.2 Å². The van der Waals surface area contributed by atoms with Crippen LogP contribution in [0, 0.1) is 23.6 Å². The van der Waals surface area contributed by atoms with Gasteiger partial charge in [0.1, 0.15) is 11.4 Å². The van der Waals surface area contributed by atoms with Gasteiger partial charge in [-0.3, -0.25) is 4.98 Å². The van der Waals surface area contributed by atoms with E-state index >= 15 is 0 Å². The number of halogens is 3. The average molecular weight is 428 g/mol. The highest BCUT2D eigenvalue weighted by molar-refractivity contribution is 5.70. The van der Waals surface area contributed by atoms with Crippen molar-refractivity contribution in [3.05, 3.63) is 60.2 Å². The number of carbonyl (C=O) groups is 1. The topological polar surface area (TPSA) is 51.2 Å². The summed E-state index contributed by atoms with van der Waals surface area (Å²) >= 11 is 0. The molecule has 1 amide bonds. The van der Waals surface area contributed by atoms with Crippen LogP contribution in [0.5, 0.6) is 0 Å². The van der Waals surface area contributed by atoms with Gasteiger partial charge in [0.15, 0.2) is 0 Å². The Morgan fingerprint density at radius 1 is 1.16 bits per heavy atom. The number of benzene rings is 1. The number of ether oxygens (including phenoxy) is 1. The van der Waals surface area contributed by atoms with Crippen LogP contribution in [-0.4, -0.2) is 29.1 Å². The largest absolute Gasteiger partial charge is 0.440 e. The summed E-state index contributed by atoms with van der Waals surface area (Å²) in [6, 6.07) is 10.1. The van der Waals surface area contributed by atoms with E-state index in [1.54, 1.807) is 36.5 Å². The molecule has 4 nitrogen and oxygen atoms in total. The molecule has 4 atom stereocenters. The quantitative estimate of drug-likeness (QED) is 0.707. The van der Waals surface area contributed by atoms with Crippen LogP contribution >= 0.6 is 0 Å². The maximum absolute atomic E-state index is 14.0. The molecular weight excluding hydrogens is 405 g/mol. The van der Waals surface area contributed by atoms with E-state index in [0.29, 0.717) is 36.2 Å². The minimum Gasteiger partial charge on any atom is -0.440 e. The third-order valence-corrected chi connectivity index (χ3v) is 6.96. The van der Waals surface area contributed by atoms with Gasteiger partial charge in [0.05, 0.1) is 12.2 Å². The molecule has 0 bridgehead atoms. The lowest BCUT2D eigenvalue weighted by Crippen LogP contribution is -2.38. The number of hydrogen-bond acceptors (Lipinski definition) is 3. The van der Waals surface area contributed by atoms with Gasteiger partial charge in [0, 0.05) is 36.1 Å². The number of hydrogen-bond donors (Lipinski definition) is 1. The van der Waals surface area contributed by atoms with Gasteiger partial charge in [0.2, 0.25) is 5.92 Å². The lowest BCUT2D eigenvalue weighted by molar-refractivity contribution is -0.0659. The molecule has 162 valence electrons. The van der Waals surface area contributed by atoms with Crippen LogP contribution in [0.3, 0.4) is 0 Å². The fourth-order valence-electron chi connectivity index (χ4n) is 5.57. The van der Waals surface area contributed by atoms with Crippen LogP contribution in [0.4, 0.5) is 18.0 Å². The number of rotatable bonds is 3. The van der Waals surface area contributed by atoms with Crippen molar-refractivity contribution >= 4 is 12.2 Å². The van der Waals surface area contributed by atoms with Crippen molar-refractivity contribution in [1.29, 1.82) is 0 Å². The summed E-state index contributed by atoms with van der Waals surface area (Å²) in [5.41, 5.74) is 1.06. The number of nitrogens with zero attached hydrogens (tertiary/aromatic N) is 1. The Bertz CT molecular complexity index is 1020. The van der Waals surface area contributed by atoms with Crippen LogP contribution in [0.15, 0.2) is 48.7 Å². The van der Waals surface area contributed by atoms with E-state index in [-0.39, 0.29) is 36.4 Å². The van der Waals surface area contributed by atoms with Gasteiger partial charge in [-0.05, 0) is 42.9 Å². The maximum atomic E-state index is 14.0. The Balaban J connectivity index is 1.39. The van der Waals surface area contributed by atoms with Crippen LogP contribution in [-0.2, 0) is 4.74 Å². The van der Waals surface area contributed by atoms with Crippen molar-refractivity contribution in [2.75, 3.05) is 6.54 Å². The van der Waals surface area contributed by atoms with E-state index in [9.17, 15) is 18.0 Å². The van der Waals surface area contributed by atoms with Crippen LogP contribution < -0.4 is 5.32 Å². The third kappa shape index (κ3) is 3.70. The van der Waals surface area contributed by atoms with Crippen molar-refractivity contribution in [3.63, 3.8) is 0 Å². The highest BCUT2D eigenvalue weighted by Gasteiger charge is 2.60. The molecule has 1 aliphatic heterocycles. The Kier molecular flexibility index (Phi) is 4.79. The molecular formula is C24H23F3N2O2. The number of alkyl halides is 2. The zero-order valence-electron chi connectivity index (χ0n) is 16.9. The third-order valence-electron chi connectivity index (χ3n) is 6.96. The second-order valence-electron chi connectivity index (χ2n) is 8.87. The number of amides is 1. The van der Waals surface area contributed by atoms with Crippen LogP contribution in [0.25, 0.3) is 17.2 Å². The summed E-state index contributed by atoms with van der Waals surface area (Å²) in [6.07, 6.45) is 5.49. The average Bonchev–Trinajstić information content (AvgIpc) is 3.24. The molecule has 2 aliphatic carbocycles. The molecule has 5 rings (SSSR count). The molecule has 0 radical (unpaired) electrons. The van der Waals surface area contributed by atoms with E-state index in [1.165, 1.54) is 6.07 Å². The Hall–Kier alpha value is -2.83. The van der Waals surface area contributed by atoms with Gasteiger partial charge in [-0.2, -0.15) is 0 Å². The minimum absolute atomic E-state index is 0.0428. The molecule has 2 heterocycles. The number of pyridine rings is 1. The molecule has 3 fully saturated rings. The normalized spacial score (nSPS) is 31.6. The molecule has 1 spiro atoms. The second kappa shape index (κ2) is 7.39. The monoisotopic (exact) mass is 428 g/mol. The van der Waals surface area contributed by atoms with Crippen molar-refractivity contribution in [3.8, 4) is 11.1 Å². The first-order valence-electron chi connectivity index (χ1n) is 10.6. The van der Waals surface area contributed by atoms with Crippen molar-refractivity contribution in [2.24, 2.45) is 17.8 Å². The molecule has 2 aromatic rings. The SMILES string of the molecule is O=C1NCC2(C[C@H]3CC(F)(F)CC[C@H]3[C@@H]2/C=C/c2ccc(-c3ccccc3F)cn2)O1. The molecule has 3 aliphatic rings. The molecule has 1 unspecified atom stereocenters. The van der Waals surface area contributed by atoms with Crippen molar-refractivity contribution in [1.82, 2.24) is 10.3 Å². The molecule has 31 heavy (non-hydrogen) atoms. The number of alkyl carbamates (subject to hydrolysis) is 1. The van der Waals surface area contributed by atoms with Crippen molar-refractivity contribution in [2.45, 2.75) is 37.2 Å². The van der Waals surface area contributed by atoms with Gasteiger partial charge in [-0.25, -0.2) is 18.0 Å². The first-order valence-corrected chi connectivity index (χ1v) is 10.6. The highest BCUT2D eigenvalue weighted by atomic mass is 19.3. The van der Waals surface area contributed by atoms with Gasteiger partial charge >= 0.3 is 6.09 Å². The van der Waals surface area contributed by atoms with E-state index in [2.05, 4.69) is 10.3 Å². The fourth-order valence-corrected chi connectivity index (χ4v) is 5.57. The van der Waals surface area contributed by atoms with Crippen LogP contribution in [0.2, 0.25) is 0 Å². The standard InChI is InChI=1S/C24H23F3N2O2/c25-21-4-2-1-3-19(21)15-5-6-17(28-13-15)7-8-20-18-9-10-24(26,27)12-16(18)11-23(20)14-29-22(30)31-23/h1-8,13,16,18,20H,9-12,14H2,(H,29,30)/b8-7+/t16-,18+,20-,23?/m0/s1. The summed E-state index contributed by atoms with van der Waals surface area (Å²) in [7, 11) is 0. The van der Waals surface area contributed by atoms with E-state index in [4.69, 9.17) is 4.74 Å². The van der Waals surface area contributed by atoms with Gasteiger partial charge in [0.25, 0.3) is 0 Å². The lowest BCUT2D eigenvalue weighted by atomic mass is 9.75. The first kappa shape index (κ1) is 20.1. The van der Waals surface area contributed by atoms with Gasteiger partial charge in [-0.1, -0.05) is 30.3 Å². The minimum atomic E-state index is -2.65. The van der Waals surface area contributed by atoms with Crippen LogP contribution in [0.1, 0.15) is 31.4 Å². The van der Waals surface area contributed by atoms with Crippen molar-refractivity contribution < 1.29 is 22.7 Å². The van der Waals surface area contributed by atoms with E-state index < -0.39 is 17.6 Å². The Labute approximate surface area is 178 Å². The zero-order valence-corrected chi connectivity index (χ0v) is 16.9. The number of nitrogens with one attached hydrogen (secondary N) is 1. The summed E-state index contributed by atoms with van der Waals surface area (Å²) in [4.78, 5) is 16.2. The maximum Gasteiger partial charge on any atom is 0.407 e. The summed E-state index contributed by atoms with van der Waals surface area (Å²) in [5, 5.41) is 2.71. The number of carbonyl (C=O) groups excluding carboxylic acids is 1. The smallest absolute Gasteiger partial charge is 0.407 e. The fraction of sp³-hybridized carbons (Fsp3) is 0.417. The highest BCUT2D eigenvalue weighted by Crippen LogP contribution is 2.56. The predicted octanol–water partition coefficient (Wildman–Crippen LogP) is 5.45. The molecule has 7 heteroatoms. The summed E-state index contributed by atoms with van der Waals surface area (Å²) in [5.74, 6) is -3.25. The summed E-state index contributed by atoms with van der Waals surface area (Å²) < 4.78 is 47.7.